The molecule has 3 aromatic heterocycles. The normalized spacial score (nSPS) is 11.3. The molecule has 0 unspecified atom stereocenters. The lowest BCUT2D eigenvalue weighted by atomic mass is 10.3. The highest BCUT2D eigenvalue weighted by Gasteiger charge is 2.11. The fourth-order valence-corrected chi connectivity index (χ4v) is 2.54. The van der Waals surface area contributed by atoms with Crippen LogP contribution in [0.2, 0.25) is 0 Å². The largest absolute Gasteiger partial charge is 0.360 e. The minimum atomic E-state index is 0.855. The van der Waals surface area contributed by atoms with E-state index in [9.17, 15) is 0 Å². The Morgan fingerprint density at radius 1 is 1.37 bits per heavy atom. The topological polar surface area (TPSA) is 58.0 Å². The Balaban J connectivity index is 2.05. The van der Waals surface area contributed by atoms with Crippen molar-refractivity contribution in [2.24, 2.45) is 0 Å². The van der Waals surface area contributed by atoms with Crippen LogP contribution < -0.4 is 5.32 Å². The van der Waals surface area contributed by atoms with E-state index in [4.69, 9.17) is 0 Å². The third-order valence-corrected chi connectivity index (χ3v) is 3.77. The maximum atomic E-state index is 4.60. The van der Waals surface area contributed by atoms with Crippen LogP contribution in [-0.4, -0.2) is 33.2 Å². The molecule has 6 heteroatoms. The Kier molecular flexibility index (Phi) is 3.35. The molecule has 0 saturated carbocycles. The summed E-state index contributed by atoms with van der Waals surface area (Å²) in [5.41, 5.74) is 3.77. The molecule has 98 valence electrons. The smallest absolute Gasteiger partial charge is 0.155 e. The van der Waals surface area contributed by atoms with Crippen molar-refractivity contribution in [3.8, 4) is 11.4 Å². The average Bonchev–Trinajstić information content (AvgIpc) is 3.05. The summed E-state index contributed by atoms with van der Waals surface area (Å²) in [6, 6.07) is 7.92. The zero-order chi connectivity index (χ0) is 13.2. The number of aromatic amines is 1. The number of nitrogens with one attached hydrogen (secondary N) is 2. The van der Waals surface area contributed by atoms with Gasteiger partial charge in [-0.15, -0.1) is 0 Å². The first-order chi connectivity index (χ1) is 9.29. The number of nitrogens with zero attached hydrogens (tertiary/aromatic N) is 3. The first-order valence-corrected chi connectivity index (χ1v) is 6.91. The lowest BCUT2D eigenvalue weighted by Crippen LogP contribution is -2.10. The fourth-order valence-electron chi connectivity index (χ4n) is 1.99. The Labute approximate surface area is 119 Å². The van der Waals surface area contributed by atoms with Gasteiger partial charge in [-0.25, -0.2) is 9.50 Å². The first-order valence-electron chi connectivity index (χ1n) is 6.12. The molecule has 2 N–H and O–H groups in total. The number of hydrogen-bond donors (Lipinski definition) is 2. The molecule has 5 nitrogen and oxygen atoms in total. The number of halogens is 1. The van der Waals surface area contributed by atoms with E-state index in [1.165, 1.54) is 0 Å². The van der Waals surface area contributed by atoms with Crippen molar-refractivity contribution in [1.82, 2.24) is 24.9 Å². The van der Waals surface area contributed by atoms with Crippen LogP contribution in [0.4, 0.5) is 0 Å². The van der Waals surface area contributed by atoms with E-state index in [-0.39, 0.29) is 0 Å². The zero-order valence-corrected chi connectivity index (χ0v) is 12.1. The number of rotatable bonds is 4. The molecular weight excluding hydrogens is 306 g/mol. The summed E-state index contributed by atoms with van der Waals surface area (Å²) >= 11 is 3.58. The summed E-state index contributed by atoms with van der Waals surface area (Å²) in [4.78, 5) is 7.73. The quantitative estimate of drug-likeness (QED) is 0.775. The molecule has 3 aromatic rings. The van der Waals surface area contributed by atoms with E-state index >= 15 is 0 Å². The first kappa shape index (κ1) is 12.4. The van der Waals surface area contributed by atoms with Gasteiger partial charge in [-0.2, -0.15) is 5.10 Å². The van der Waals surface area contributed by atoms with Crippen LogP contribution in [0.25, 0.3) is 17.0 Å². The lowest BCUT2D eigenvalue weighted by molar-refractivity contribution is 0.775. The van der Waals surface area contributed by atoms with Gasteiger partial charge in [0.25, 0.3) is 0 Å². The van der Waals surface area contributed by atoms with Gasteiger partial charge in [0.05, 0.1) is 11.4 Å². The predicted octanol–water partition coefficient (Wildman–Crippen LogP) is 2.25. The van der Waals surface area contributed by atoms with Crippen molar-refractivity contribution < 1.29 is 0 Å². The van der Waals surface area contributed by atoms with E-state index in [0.29, 0.717) is 0 Å². The SMILES string of the molecule is CNCCc1nc2ccc(-c3ccc[nH]3)nn2c1Br. The lowest BCUT2D eigenvalue weighted by Gasteiger charge is -1.99. The Hall–Kier alpha value is -1.66. The number of H-pyrrole nitrogens is 1. The van der Waals surface area contributed by atoms with Crippen molar-refractivity contribution in [1.29, 1.82) is 0 Å². The highest BCUT2D eigenvalue weighted by molar-refractivity contribution is 9.10. The van der Waals surface area contributed by atoms with E-state index in [2.05, 4.69) is 36.3 Å². The Morgan fingerprint density at radius 3 is 3.00 bits per heavy atom. The molecule has 3 heterocycles. The molecular formula is C13H14BrN5. The highest BCUT2D eigenvalue weighted by atomic mass is 79.9. The third kappa shape index (κ3) is 2.29. The van der Waals surface area contributed by atoms with Crippen molar-refractivity contribution >= 4 is 21.6 Å². The standard InChI is InChI=1S/C13H14BrN5/c1-15-8-6-11-13(14)19-12(17-11)5-4-10(18-19)9-3-2-7-16-9/h2-5,7,15-16H,6,8H2,1H3. The van der Waals surface area contributed by atoms with Crippen LogP contribution in [0.3, 0.4) is 0 Å². The number of imidazole rings is 1. The second kappa shape index (κ2) is 5.14. The monoisotopic (exact) mass is 319 g/mol. The number of aromatic nitrogens is 4. The van der Waals surface area contributed by atoms with Crippen molar-refractivity contribution in [3.63, 3.8) is 0 Å². The molecule has 0 radical (unpaired) electrons. The molecule has 19 heavy (non-hydrogen) atoms. The van der Waals surface area contributed by atoms with E-state index in [0.717, 1.165) is 40.3 Å². The minimum Gasteiger partial charge on any atom is -0.360 e. The molecule has 0 aliphatic carbocycles. The molecule has 0 bridgehead atoms. The van der Waals surface area contributed by atoms with Gasteiger partial charge < -0.3 is 10.3 Å². The third-order valence-electron chi connectivity index (χ3n) is 2.97. The summed E-state index contributed by atoms with van der Waals surface area (Å²) < 4.78 is 2.76. The van der Waals surface area contributed by atoms with Gasteiger partial charge in [-0.3, -0.25) is 0 Å². The summed E-state index contributed by atoms with van der Waals surface area (Å²) in [7, 11) is 1.94. The van der Waals surface area contributed by atoms with Crippen LogP contribution in [0.15, 0.2) is 35.1 Å². The predicted molar refractivity (Wildman–Crippen MR) is 78.1 cm³/mol. The molecule has 0 fully saturated rings. The van der Waals surface area contributed by atoms with Gasteiger partial charge in [-0.1, -0.05) is 0 Å². The minimum absolute atomic E-state index is 0.855. The van der Waals surface area contributed by atoms with Crippen LogP contribution in [0.1, 0.15) is 5.69 Å². The molecule has 0 amide bonds. The molecule has 0 aromatic carbocycles. The van der Waals surface area contributed by atoms with Crippen molar-refractivity contribution in [2.45, 2.75) is 6.42 Å². The van der Waals surface area contributed by atoms with Gasteiger partial charge in [0.2, 0.25) is 0 Å². The van der Waals surface area contributed by atoms with Gasteiger partial charge in [-0.05, 0) is 47.2 Å². The number of hydrogen-bond acceptors (Lipinski definition) is 3. The second-order valence-electron chi connectivity index (χ2n) is 4.28. The van der Waals surface area contributed by atoms with Crippen molar-refractivity contribution in [2.75, 3.05) is 13.6 Å². The van der Waals surface area contributed by atoms with Gasteiger partial charge in [0.1, 0.15) is 10.3 Å². The fraction of sp³-hybridized carbons (Fsp3) is 0.231. The summed E-state index contributed by atoms with van der Waals surface area (Å²) in [6.45, 7) is 0.895. The molecule has 0 saturated heterocycles. The maximum absolute atomic E-state index is 4.60. The van der Waals surface area contributed by atoms with Crippen LogP contribution >= 0.6 is 15.9 Å². The summed E-state index contributed by atoms with van der Waals surface area (Å²) in [5.74, 6) is 0. The van der Waals surface area contributed by atoms with E-state index in [1.807, 2.05) is 42.0 Å². The average molecular weight is 320 g/mol. The molecule has 0 aliphatic rings. The summed E-state index contributed by atoms with van der Waals surface area (Å²) in [6.07, 6.45) is 2.76. The Morgan fingerprint density at radius 2 is 2.26 bits per heavy atom. The second-order valence-corrected chi connectivity index (χ2v) is 5.03. The molecule has 0 aliphatic heterocycles. The zero-order valence-electron chi connectivity index (χ0n) is 10.5. The van der Waals surface area contributed by atoms with E-state index < -0.39 is 0 Å². The number of fused-ring (bicyclic) bond motifs is 1. The Bertz CT molecular complexity index is 686. The molecule has 0 spiro atoms. The van der Waals surface area contributed by atoms with Crippen molar-refractivity contribution in [3.05, 3.63) is 40.8 Å². The highest BCUT2D eigenvalue weighted by Crippen LogP contribution is 2.21. The summed E-state index contributed by atoms with van der Waals surface area (Å²) in [5, 5.41) is 7.73. The van der Waals surface area contributed by atoms with Gasteiger partial charge >= 0.3 is 0 Å². The van der Waals surface area contributed by atoms with Crippen LogP contribution in [-0.2, 0) is 6.42 Å². The van der Waals surface area contributed by atoms with Gasteiger partial charge in [0, 0.05) is 19.2 Å². The number of likely N-dealkylation sites (N-methyl/N-ethyl adjacent to an activating group) is 1. The van der Waals surface area contributed by atoms with E-state index in [1.54, 1.807) is 0 Å². The maximum Gasteiger partial charge on any atom is 0.155 e. The van der Waals surface area contributed by atoms with Crippen LogP contribution in [0, 0.1) is 0 Å². The molecule has 3 rings (SSSR count). The molecule has 0 atom stereocenters. The van der Waals surface area contributed by atoms with Crippen LogP contribution in [0.5, 0.6) is 0 Å². The van der Waals surface area contributed by atoms with Gasteiger partial charge in [0.15, 0.2) is 5.65 Å².